The van der Waals surface area contributed by atoms with Crippen LogP contribution in [0.2, 0.25) is 0 Å². The van der Waals surface area contributed by atoms with Crippen molar-refractivity contribution < 1.29 is 12.8 Å². The fourth-order valence-corrected chi connectivity index (χ4v) is 4.17. The summed E-state index contributed by atoms with van der Waals surface area (Å²) >= 11 is 1.31. The van der Waals surface area contributed by atoms with Crippen LogP contribution in [0, 0.1) is 26.6 Å². The fraction of sp³-hybridized carbons (Fsp3) is 0.308. The van der Waals surface area contributed by atoms with E-state index in [1.807, 2.05) is 13.8 Å². The molecule has 2 aromatic rings. The molecule has 0 aliphatic heterocycles. The van der Waals surface area contributed by atoms with Gasteiger partial charge in [0.1, 0.15) is 5.82 Å². The van der Waals surface area contributed by atoms with Crippen LogP contribution >= 0.6 is 11.3 Å². The molecule has 0 atom stereocenters. The van der Waals surface area contributed by atoms with Gasteiger partial charge in [0.2, 0.25) is 0 Å². The number of aryl methyl sites for hydroxylation is 3. The monoisotopic (exact) mass is 314 g/mol. The number of halogens is 1. The molecule has 0 bridgehead atoms. The van der Waals surface area contributed by atoms with Gasteiger partial charge in [-0.25, -0.2) is 22.1 Å². The third kappa shape index (κ3) is 2.55. The van der Waals surface area contributed by atoms with Gasteiger partial charge in [-0.1, -0.05) is 0 Å². The first-order valence-electron chi connectivity index (χ1n) is 5.92. The molecule has 0 radical (unpaired) electrons. The molecule has 1 aromatic carbocycles. The summed E-state index contributed by atoms with van der Waals surface area (Å²) in [6.07, 6.45) is 0. The van der Waals surface area contributed by atoms with E-state index >= 15 is 0 Å². The highest BCUT2D eigenvalue weighted by Gasteiger charge is 2.25. The number of sulfonamides is 1. The number of rotatable bonds is 3. The first kappa shape index (κ1) is 14.9. The van der Waals surface area contributed by atoms with Crippen LogP contribution in [0.3, 0.4) is 0 Å². The summed E-state index contributed by atoms with van der Waals surface area (Å²) in [6, 6.07) is 3.63. The lowest BCUT2D eigenvalue weighted by atomic mass is 10.2. The fourth-order valence-electron chi connectivity index (χ4n) is 1.74. The Morgan fingerprint density at radius 2 is 1.90 bits per heavy atom. The summed E-state index contributed by atoms with van der Waals surface area (Å²) in [6.45, 7) is 5.29. The maximum absolute atomic E-state index is 13.1. The van der Waals surface area contributed by atoms with E-state index in [1.54, 1.807) is 6.92 Å². The Balaban J connectivity index is 2.49. The number of nitrogens with zero attached hydrogens (tertiary/aromatic N) is 2. The molecule has 0 aliphatic carbocycles. The predicted molar refractivity (Wildman–Crippen MR) is 78.3 cm³/mol. The first-order chi connectivity index (χ1) is 9.23. The minimum Gasteiger partial charge on any atom is -0.244 e. The summed E-state index contributed by atoms with van der Waals surface area (Å²) in [4.78, 5) is 5.30. The van der Waals surface area contributed by atoms with Gasteiger partial charge in [-0.2, -0.15) is 0 Å². The van der Waals surface area contributed by atoms with Crippen LogP contribution in [-0.4, -0.2) is 20.4 Å². The lowest BCUT2D eigenvalue weighted by Gasteiger charge is -2.17. The zero-order chi connectivity index (χ0) is 15.1. The van der Waals surface area contributed by atoms with Gasteiger partial charge in [-0.3, -0.25) is 0 Å². The zero-order valence-electron chi connectivity index (χ0n) is 11.6. The highest BCUT2D eigenvalue weighted by atomic mass is 32.2. The lowest BCUT2D eigenvalue weighted by Crippen LogP contribution is -2.27. The van der Waals surface area contributed by atoms with Crippen LogP contribution in [0.25, 0.3) is 0 Å². The standard InChI is InChI=1S/C13H15FN2O2S2/c1-8-7-11(14)5-6-12(8)20(17,18)16(4)13-15-9(2)10(3)19-13/h5-7H,1-4H3. The molecule has 108 valence electrons. The molecule has 0 fully saturated rings. The van der Waals surface area contributed by atoms with E-state index in [-0.39, 0.29) is 4.90 Å². The second kappa shape index (κ2) is 5.14. The molecular formula is C13H15FN2O2S2. The van der Waals surface area contributed by atoms with Crippen molar-refractivity contribution in [3.63, 3.8) is 0 Å². The van der Waals surface area contributed by atoms with Crippen molar-refractivity contribution in [1.82, 2.24) is 4.98 Å². The molecule has 1 aromatic heterocycles. The smallest absolute Gasteiger partial charge is 0.244 e. The molecule has 1 heterocycles. The van der Waals surface area contributed by atoms with Crippen LogP contribution < -0.4 is 4.31 Å². The number of aromatic nitrogens is 1. The third-order valence-corrected chi connectivity index (χ3v) is 6.23. The number of hydrogen-bond donors (Lipinski definition) is 0. The van der Waals surface area contributed by atoms with Crippen molar-refractivity contribution in [2.45, 2.75) is 25.7 Å². The molecule has 0 spiro atoms. The van der Waals surface area contributed by atoms with Gasteiger partial charge in [0, 0.05) is 11.9 Å². The van der Waals surface area contributed by atoms with Crippen molar-refractivity contribution in [1.29, 1.82) is 0 Å². The van der Waals surface area contributed by atoms with Crippen LogP contribution in [0.4, 0.5) is 9.52 Å². The molecular weight excluding hydrogens is 299 g/mol. The summed E-state index contributed by atoms with van der Waals surface area (Å²) < 4.78 is 39.3. The second-order valence-electron chi connectivity index (χ2n) is 4.52. The number of thiazole rings is 1. The summed E-state index contributed by atoms with van der Waals surface area (Å²) in [5, 5.41) is 0.406. The quantitative estimate of drug-likeness (QED) is 0.875. The van der Waals surface area contributed by atoms with Crippen molar-refractivity contribution in [2.75, 3.05) is 11.4 Å². The number of benzene rings is 1. The topological polar surface area (TPSA) is 50.3 Å². The molecule has 0 amide bonds. The summed E-state index contributed by atoms with van der Waals surface area (Å²) in [5.74, 6) is -0.454. The average Bonchev–Trinajstić information content (AvgIpc) is 2.68. The number of anilines is 1. The Morgan fingerprint density at radius 1 is 1.25 bits per heavy atom. The zero-order valence-corrected chi connectivity index (χ0v) is 13.3. The van der Waals surface area contributed by atoms with E-state index in [2.05, 4.69) is 4.98 Å². The Morgan fingerprint density at radius 3 is 2.40 bits per heavy atom. The molecule has 20 heavy (non-hydrogen) atoms. The molecule has 0 aliphatic rings. The van der Waals surface area contributed by atoms with Gasteiger partial charge in [0.25, 0.3) is 10.0 Å². The average molecular weight is 314 g/mol. The molecule has 4 nitrogen and oxygen atoms in total. The van der Waals surface area contributed by atoms with Crippen molar-refractivity contribution >= 4 is 26.5 Å². The highest BCUT2D eigenvalue weighted by molar-refractivity contribution is 7.93. The van der Waals surface area contributed by atoms with Crippen LogP contribution in [0.1, 0.15) is 16.1 Å². The van der Waals surface area contributed by atoms with Gasteiger partial charge in [0.05, 0.1) is 10.6 Å². The first-order valence-corrected chi connectivity index (χ1v) is 8.18. The lowest BCUT2D eigenvalue weighted by molar-refractivity contribution is 0.592. The van der Waals surface area contributed by atoms with Crippen molar-refractivity contribution in [3.8, 4) is 0 Å². The maximum atomic E-state index is 13.1. The Labute approximate surface area is 121 Å². The molecule has 0 saturated heterocycles. The van der Waals surface area contributed by atoms with Crippen LogP contribution in [-0.2, 0) is 10.0 Å². The van der Waals surface area contributed by atoms with Gasteiger partial charge in [-0.05, 0) is 44.5 Å². The number of hydrogen-bond acceptors (Lipinski definition) is 4. The normalized spacial score (nSPS) is 11.7. The molecule has 0 N–H and O–H groups in total. The van der Waals surface area contributed by atoms with Gasteiger partial charge >= 0.3 is 0 Å². The van der Waals surface area contributed by atoms with Gasteiger partial charge in [-0.15, -0.1) is 11.3 Å². The summed E-state index contributed by atoms with van der Waals surface area (Å²) in [7, 11) is -2.27. The summed E-state index contributed by atoms with van der Waals surface area (Å²) in [5.41, 5.74) is 1.18. The predicted octanol–water partition coefficient (Wildman–Crippen LogP) is 3.03. The Bertz CT molecular complexity index is 734. The molecule has 2 rings (SSSR count). The Hall–Kier alpha value is -1.47. The molecule has 0 saturated carbocycles. The third-order valence-electron chi connectivity index (χ3n) is 3.06. The van der Waals surface area contributed by atoms with E-state index in [4.69, 9.17) is 0 Å². The van der Waals surface area contributed by atoms with Crippen molar-refractivity contribution in [3.05, 3.63) is 40.2 Å². The SMILES string of the molecule is Cc1cc(F)ccc1S(=O)(=O)N(C)c1nc(C)c(C)s1. The van der Waals surface area contributed by atoms with E-state index in [1.165, 1.54) is 30.5 Å². The highest BCUT2D eigenvalue weighted by Crippen LogP contribution is 2.29. The van der Waals surface area contributed by atoms with E-state index in [0.717, 1.165) is 20.9 Å². The minimum atomic E-state index is -3.73. The van der Waals surface area contributed by atoms with Crippen LogP contribution in [0.15, 0.2) is 23.1 Å². The van der Waals surface area contributed by atoms with Gasteiger partial charge in [0.15, 0.2) is 5.13 Å². The molecule has 7 heteroatoms. The van der Waals surface area contributed by atoms with Crippen molar-refractivity contribution in [2.24, 2.45) is 0 Å². The second-order valence-corrected chi connectivity index (χ2v) is 7.64. The maximum Gasteiger partial charge on any atom is 0.266 e. The Kier molecular flexibility index (Phi) is 3.84. The minimum absolute atomic E-state index is 0.0897. The van der Waals surface area contributed by atoms with Gasteiger partial charge < -0.3 is 0 Å². The largest absolute Gasteiger partial charge is 0.266 e. The molecule has 0 unspecified atom stereocenters. The van der Waals surface area contributed by atoms with E-state index < -0.39 is 15.8 Å². The van der Waals surface area contributed by atoms with E-state index in [0.29, 0.717) is 10.7 Å². The van der Waals surface area contributed by atoms with E-state index in [9.17, 15) is 12.8 Å². The van der Waals surface area contributed by atoms with Crippen LogP contribution in [0.5, 0.6) is 0 Å².